The van der Waals surface area contributed by atoms with Gasteiger partial charge in [-0.15, -0.1) is 11.8 Å². The van der Waals surface area contributed by atoms with Crippen LogP contribution in [0.3, 0.4) is 0 Å². The summed E-state index contributed by atoms with van der Waals surface area (Å²) in [4.78, 5) is 19.5. The molecular formula is C19H22N2OS. The van der Waals surface area contributed by atoms with Crippen molar-refractivity contribution in [1.82, 2.24) is 9.88 Å². The SMILES string of the molecule is CCSc1ncccc1[C@H]1CCCCN1C(=O)c1ccccc1. The van der Waals surface area contributed by atoms with Gasteiger partial charge >= 0.3 is 0 Å². The molecule has 4 heteroatoms. The average Bonchev–Trinajstić information content (AvgIpc) is 2.63. The molecule has 23 heavy (non-hydrogen) atoms. The number of carbonyl (C=O) groups excluding carboxylic acids is 1. The van der Waals surface area contributed by atoms with Crippen molar-refractivity contribution in [3.05, 3.63) is 59.8 Å². The molecule has 2 heterocycles. The van der Waals surface area contributed by atoms with Gasteiger partial charge in [0, 0.05) is 23.9 Å². The van der Waals surface area contributed by atoms with E-state index in [1.54, 1.807) is 11.8 Å². The molecule has 1 aromatic carbocycles. The quantitative estimate of drug-likeness (QED) is 0.772. The summed E-state index contributed by atoms with van der Waals surface area (Å²) in [5.41, 5.74) is 1.97. The van der Waals surface area contributed by atoms with Crippen LogP contribution in [-0.2, 0) is 0 Å². The number of hydrogen-bond donors (Lipinski definition) is 0. The maximum Gasteiger partial charge on any atom is 0.254 e. The van der Waals surface area contributed by atoms with Gasteiger partial charge in [0.15, 0.2) is 0 Å². The number of nitrogens with zero attached hydrogens (tertiary/aromatic N) is 2. The molecule has 0 aliphatic carbocycles. The molecule has 1 fully saturated rings. The maximum absolute atomic E-state index is 13.0. The smallest absolute Gasteiger partial charge is 0.254 e. The minimum atomic E-state index is 0.131. The highest BCUT2D eigenvalue weighted by atomic mass is 32.2. The van der Waals surface area contributed by atoms with Gasteiger partial charge in [-0.25, -0.2) is 4.98 Å². The van der Waals surface area contributed by atoms with E-state index in [0.29, 0.717) is 0 Å². The number of pyridine rings is 1. The number of benzene rings is 1. The zero-order chi connectivity index (χ0) is 16.1. The van der Waals surface area contributed by atoms with Crippen molar-refractivity contribution in [2.45, 2.75) is 37.3 Å². The van der Waals surface area contributed by atoms with Gasteiger partial charge in [0.1, 0.15) is 5.03 Å². The van der Waals surface area contributed by atoms with Crippen molar-refractivity contribution < 1.29 is 4.79 Å². The molecule has 1 aliphatic rings. The molecule has 0 N–H and O–H groups in total. The molecule has 0 saturated carbocycles. The Morgan fingerprint density at radius 3 is 2.83 bits per heavy atom. The summed E-state index contributed by atoms with van der Waals surface area (Å²) in [7, 11) is 0. The topological polar surface area (TPSA) is 33.2 Å². The molecule has 0 spiro atoms. The number of piperidine rings is 1. The Kier molecular flexibility index (Phi) is 5.34. The summed E-state index contributed by atoms with van der Waals surface area (Å²) >= 11 is 1.76. The Morgan fingerprint density at radius 2 is 2.04 bits per heavy atom. The second-order valence-electron chi connectivity index (χ2n) is 5.71. The number of amides is 1. The van der Waals surface area contributed by atoms with Crippen molar-refractivity contribution in [2.24, 2.45) is 0 Å². The standard InChI is InChI=1S/C19H22N2OS/c1-2-23-18-16(11-8-13-20-18)17-12-6-7-14-21(17)19(22)15-9-4-3-5-10-15/h3-5,8-11,13,17H,2,6-7,12,14H2,1H3/t17-/m1/s1. The number of aromatic nitrogens is 1. The van der Waals surface area contributed by atoms with Crippen LogP contribution < -0.4 is 0 Å². The van der Waals surface area contributed by atoms with Crippen LogP contribution in [0.5, 0.6) is 0 Å². The fourth-order valence-corrected chi connectivity index (χ4v) is 3.94. The lowest BCUT2D eigenvalue weighted by atomic mass is 9.95. The molecule has 0 radical (unpaired) electrons. The van der Waals surface area contributed by atoms with Crippen LogP contribution in [0, 0.1) is 0 Å². The minimum Gasteiger partial charge on any atom is -0.332 e. The monoisotopic (exact) mass is 326 g/mol. The second-order valence-corrected chi connectivity index (χ2v) is 6.96. The molecule has 3 rings (SSSR count). The normalized spacial score (nSPS) is 18.0. The number of thioether (sulfide) groups is 1. The molecule has 1 saturated heterocycles. The van der Waals surface area contributed by atoms with E-state index in [2.05, 4.69) is 18.0 Å². The fourth-order valence-electron chi connectivity index (χ4n) is 3.16. The van der Waals surface area contributed by atoms with E-state index >= 15 is 0 Å². The van der Waals surface area contributed by atoms with Gasteiger partial charge in [-0.05, 0) is 43.2 Å². The van der Waals surface area contributed by atoms with E-state index in [9.17, 15) is 4.79 Å². The van der Waals surface area contributed by atoms with E-state index in [1.807, 2.05) is 47.5 Å². The van der Waals surface area contributed by atoms with Gasteiger partial charge in [-0.3, -0.25) is 4.79 Å². The molecule has 1 atom stereocenters. The molecule has 3 nitrogen and oxygen atoms in total. The Hall–Kier alpha value is -1.81. The van der Waals surface area contributed by atoms with Crippen LogP contribution in [0.1, 0.15) is 48.1 Å². The predicted octanol–water partition coefficient (Wildman–Crippen LogP) is 4.56. The van der Waals surface area contributed by atoms with E-state index < -0.39 is 0 Å². The summed E-state index contributed by atoms with van der Waals surface area (Å²) < 4.78 is 0. The van der Waals surface area contributed by atoms with Crippen molar-refractivity contribution >= 4 is 17.7 Å². The number of likely N-dealkylation sites (tertiary alicyclic amines) is 1. The highest BCUT2D eigenvalue weighted by Crippen LogP contribution is 2.36. The molecule has 0 unspecified atom stereocenters. The molecular weight excluding hydrogens is 304 g/mol. The first-order chi connectivity index (χ1) is 11.3. The third kappa shape index (κ3) is 3.58. The first-order valence-corrected chi connectivity index (χ1v) is 9.23. The van der Waals surface area contributed by atoms with Gasteiger partial charge in [0.05, 0.1) is 6.04 Å². The maximum atomic E-state index is 13.0. The summed E-state index contributed by atoms with van der Waals surface area (Å²) in [6.45, 7) is 2.96. The van der Waals surface area contributed by atoms with Gasteiger partial charge in [0.2, 0.25) is 0 Å². The Morgan fingerprint density at radius 1 is 1.22 bits per heavy atom. The lowest BCUT2D eigenvalue weighted by Gasteiger charge is -2.36. The van der Waals surface area contributed by atoms with Gasteiger partial charge in [0.25, 0.3) is 5.91 Å². The van der Waals surface area contributed by atoms with Crippen LogP contribution in [0.4, 0.5) is 0 Å². The van der Waals surface area contributed by atoms with Gasteiger partial charge < -0.3 is 4.90 Å². The number of carbonyl (C=O) groups is 1. The number of hydrogen-bond acceptors (Lipinski definition) is 3. The summed E-state index contributed by atoms with van der Waals surface area (Å²) in [6.07, 6.45) is 5.09. The van der Waals surface area contributed by atoms with Crippen LogP contribution in [0.2, 0.25) is 0 Å². The van der Waals surface area contributed by atoms with E-state index in [-0.39, 0.29) is 11.9 Å². The lowest BCUT2D eigenvalue weighted by Crippen LogP contribution is -2.38. The van der Waals surface area contributed by atoms with Gasteiger partial charge in [-0.1, -0.05) is 31.2 Å². The molecule has 2 aromatic rings. The highest BCUT2D eigenvalue weighted by Gasteiger charge is 2.30. The zero-order valence-electron chi connectivity index (χ0n) is 13.4. The number of rotatable bonds is 4. The molecule has 1 aliphatic heterocycles. The van der Waals surface area contributed by atoms with Crippen LogP contribution in [0.25, 0.3) is 0 Å². The Bertz CT molecular complexity index is 659. The van der Waals surface area contributed by atoms with E-state index in [4.69, 9.17) is 0 Å². The molecule has 0 bridgehead atoms. The molecule has 1 aromatic heterocycles. The van der Waals surface area contributed by atoms with Crippen molar-refractivity contribution in [3.8, 4) is 0 Å². The largest absolute Gasteiger partial charge is 0.332 e. The zero-order valence-corrected chi connectivity index (χ0v) is 14.3. The van der Waals surface area contributed by atoms with Crippen molar-refractivity contribution in [3.63, 3.8) is 0 Å². The molecule has 1 amide bonds. The average molecular weight is 326 g/mol. The summed E-state index contributed by atoms with van der Waals surface area (Å²) in [5, 5.41) is 1.06. The molecule has 120 valence electrons. The third-order valence-electron chi connectivity index (χ3n) is 4.23. The fraction of sp³-hybridized carbons (Fsp3) is 0.368. The summed E-state index contributed by atoms with van der Waals surface area (Å²) in [6, 6.07) is 13.9. The Balaban J connectivity index is 1.92. The van der Waals surface area contributed by atoms with E-state index in [0.717, 1.165) is 42.1 Å². The van der Waals surface area contributed by atoms with E-state index in [1.165, 1.54) is 5.56 Å². The van der Waals surface area contributed by atoms with Crippen LogP contribution in [0.15, 0.2) is 53.7 Å². The van der Waals surface area contributed by atoms with Crippen molar-refractivity contribution in [2.75, 3.05) is 12.3 Å². The minimum absolute atomic E-state index is 0.131. The first-order valence-electron chi connectivity index (χ1n) is 8.25. The van der Waals surface area contributed by atoms with Crippen molar-refractivity contribution in [1.29, 1.82) is 0 Å². The van der Waals surface area contributed by atoms with Crippen LogP contribution in [-0.4, -0.2) is 28.1 Å². The second kappa shape index (κ2) is 7.64. The van der Waals surface area contributed by atoms with Gasteiger partial charge in [-0.2, -0.15) is 0 Å². The first kappa shape index (κ1) is 16.1. The highest BCUT2D eigenvalue weighted by molar-refractivity contribution is 7.99. The summed E-state index contributed by atoms with van der Waals surface area (Å²) in [5.74, 6) is 1.12. The predicted molar refractivity (Wildman–Crippen MR) is 94.7 cm³/mol. The third-order valence-corrected chi connectivity index (χ3v) is 5.13. The lowest BCUT2D eigenvalue weighted by molar-refractivity contribution is 0.0607. The Labute approximate surface area is 142 Å². The van der Waals surface area contributed by atoms with Crippen LogP contribution >= 0.6 is 11.8 Å².